The fourth-order valence-electron chi connectivity index (χ4n) is 1.06. The first-order chi connectivity index (χ1) is 6.16. The van der Waals surface area contributed by atoms with Gasteiger partial charge in [0.25, 0.3) is 0 Å². The van der Waals surface area contributed by atoms with Gasteiger partial charge in [0, 0.05) is 10.8 Å². The van der Waals surface area contributed by atoms with Crippen LogP contribution in [0.4, 0.5) is 0 Å². The molecule has 1 rings (SSSR count). The zero-order valence-electron chi connectivity index (χ0n) is 7.65. The van der Waals surface area contributed by atoms with Gasteiger partial charge in [-0.1, -0.05) is 19.9 Å². The predicted octanol–water partition coefficient (Wildman–Crippen LogP) is 2.58. The minimum atomic E-state index is -0.569. The SMILES string of the molecule is CC(C)C(=O)C(C#N)c1cccs1. The van der Waals surface area contributed by atoms with E-state index in [-0.39, 0.29) is 11.7 Å². The van der Waals surface area contributed by atoms with Crippen LogP contribution in [-0.4, -0.2) is 5.78 Å². The van der Waals surface area contributed by atoms with Gasteiger partial charge in [-0.25, -0.2) is 0 Å². The van der Waals surface area contributed by atoms with Gasteiger partial charge in [0.1, 0.15) is 5.92 Å². The summed E-state index contributed by atoms with van der Waals surface area (Å²) in [5.74, 6) is -0.642. The van der Waals surface area contributed by atoms with E-state index < -0.39 is 5.92 Å². The lowest BCUT2D eigenvalue weighted by molar-refractivity contribution is -0.122. The number of Topliss-reactive ketones (excluding diaryl/α,β-unsaturated/α-hetero) is 1. The molecule has 0 radical (unpaired) electrons. The Balaban J connectivity index is 2.88. The molecule has 1 atom stereocenters. The maximum atomic E-state index is 11.6. The quantitative estimate of drug-likeness (QED) is 0.740. The molecule has 68 valence electrons. The summed E-state index contributed by atoms with van der Waals surface area (Å²) in [5.41, 5.74) is 0. The minimum absolute atomic E-state index is 0.00458. The summed E-state index contributed by atoms with van der Waals surface area (Å²) in [4.78, 5) is 12.4. The van der Waals surface area contributed by atoms with E-state index in [2.05, 4.69) is 0 Å². The average molecular weight is 193 g/mol. The smallest absolute Gasteiger partial charge is 0.157 e. The normalized spacial score (nSPS) is 12.5. The number of hydrogen-bond donors (Lipinski definition) is 0. The molecule has 0 aliphatic rings. The number of hydrogen-bond acceptors (Lipinski definition) is 3. The first kappa shape index (κ1) is 9.94. The van der Waals surface area contributed by atoms with Crippen molar-refractivity contribution in [3.63, 3.8) is 0 Å². The van der Waals surface area contributed by atoms with Crippen molar-refractivity contribution >= 4 is 17.1 Å². The van der Waals surface area contributed by atoms with Crippen molar-refractivity contribution in [2.45, 2.75) is 19.8 Å². The zero-order valence-corrected chi connectivity index (χ0v) is 8.47. The molecule has 2 nitrogen and oxygen atoms in total. The highest BCUT2D eigenvalue weighted by Gasteiger charge is 2.23. The van der Waals surface area contributed by atoms with Gasteiger partial charge in [-0.05, 0) is 11.4 Å². The van der Waals surface area contributed by atoms with Crippen LogP contribution in [0.5, 0.6) is 0 Å². The molecular formula is C10H11NOS. The van der Waals surface area contributed by atoms with E-state index >= 15 is 0 Å². The van der Waals surface area contributed by atoms with Crippen LogP contribution in [0.2, 0.25) is 0 Å². The van der Waals surface area contributed by atoms with E-state index in [0.717, 1.165) is 4.88 Å². The molecule has 13 heavy (non-hydrogen) atoms. The number of carbonyl (C=O) groups excluding carboxylic acids is 1. The Morgan fingerprint density at radius 1 is 1.62 bits per heavy atom. The highest BCUT2D eigenvalue weighted by Crippen LogP contribution is 2.23. The molecule has 0 aliphatic heterocycles. The van der Waals surface area contributed by atoms with Gasteiger partial charge in [-0.3, -0.25) is 4.79 Å². The molecule has 0 saturated heterocycles. The van der Waals surface area contributed by atoms with Crippen molar-refractivity contribution in [2.24, 2.45) is 5.92 Å². The average Bonchev–Trinajstić information content (AvgIpc) is 2.58. The first-order valence-electron chi connectivity index (χ1n) is 4.13. The first-order valence-corrected chi connectivity index (χ1v) is 5.01. The summed E-state index contributed by atoms with van der Waals surface area (Å²) >= 11 is 1.46. The summed E-state index contributed by atoms with van der Waals surface area (Å²) in [7, 11) is 0. The molecule has 0 saturated carbocycles. The van der Waals surface area contributed by atoms with Crippen LogP contribution < -0.4 is 0 Å². The fourth-order valence-corrected chi connectivity index (χ4v) is 1.83. The number of nitriles is 1. The van der Waals surface area contributed by atoms with Crippen LogP contribution in [0.25, 0.3) is 0 Å². The van der Waals surface area contributed by atoms with Crippen LogP contribution in [0.1, 0.15) is 24.6 Å². The molecule has 3 heteroatoms. The van der Waals surface area contributed by atoms with Crippen molar-refractivity contribution in [1.29, 1.82) is 5.26 Å². The predicted molar refractivity (Wildman–Crippen MR) is 52.5 cm³/mol. The van der Waals surface area contributed by atoms with E-state index in [0.29, 0.717) is 0 Å². The number of nitrogens with zero attached hydrogens (tertiary/aromatic N) is 1. The Kier molecular flexibility index (Phi) is 3.21. The fraction of sp³-hybridized carbons (Fsp3) is 0.400. The lowest BCUT2D eigenvalue weighted by atomic mass is 9.95. The number of ketones is 1. The lowest BCUT2D eigenvalue weighted by Crippen LogP contribution is -2.15. The molecule has 1 unspecified atom stereocenters. The highest BCUT2D eigenvalue weighted by molar-refractivity contribution is 7.10. The number of rotatable bonds is 3. The van der Waals surface area contributed by atoms with E-state index in [1.54, 1.807) is 0 Å². The molecule has 0 fully saturated rings. The molecule has 0 aliphatic carbocycles. The van der Waals surface area contributed by atoms with Crippen molar-refractivity contribution in [3.8, 4) is 6.07 Å². The Labute approximate surface area is 81.8 Å². The summed E-state index contributed by atoms with van der Waals surface area (Å²) in [5, 5.41) is 10.7. The third kappa shape index (κ3) is 2.16. The molecule has 1 heterocycles. The van der Waals surface area contributed by atoms with E-state index in [9.17, 15) is 4.79 Å². The molecular weight excluding hydrogens is 182 g/mol. The lowest BCUT2D eigenvalue weighted by Gasteiger charge is -2.07. The van der Waals surface area contributed by atoms with Crippen molar-refractivity contribution in [3.05, 3.63) is 22.4 Å². The maximum Gasteiger partial charge on any atom is 0.157 e. The van der Waals surface area contributed by atoms with Crippen LogP contribution in [-0.2, 0) is 4.79 Å². The Hall–Kier alpha value is -1.14. The van der Waals surface area contributed by atoms with Gasteiger partial charge in [0.05, 0.1) is 6.07 Å². The van der Waals surface area contributed by atoms with Crippen molar-refractivity contribution < 1.29 is 4.79 Å². The van der Waals surface area contributed by atoms with Gasteiger partial charge in [-0.2, -0.15) is 5.26 Å². The Morgan fingerprint density at radius 2 is 2.31 bits per heavy atom. The minimum Gasteiger partial charge on any atom is -0.298 e. The number of carbonyl (C=O) groups is 1. The van der Waals surface area contributed by atoms with Crippen LogP contribution in [0.3, 0.4) is 0 Å². The second-order valence-electron chi connectivity index (χ2n) is 3.13. The summed E-state index contributed by atoms with van der Waals surface area (Å²) in [6, 6.07) is 5.74. The molecule has 0 bridgehead atoms. The summed E-state index contributed by atoms with van der Waals surface area (Å²) in [6.07, 6.45) is 0. The molecule has 1 aromatic heterocycles. The van der Waals surface area contributed by atoms with Gasteiger partial charge in [-0.15, -0.1) is 11.3 Å². The zero-order chi connectivity index (χ0) is 9.84. The highest BCUT2D eigenvalue weighted by atomic mass is 32.1. The van der Waals surface area contributed by atoms with Crippen molar-refractivity contribution in [1.82, 2.24) is 0 Å². The largest absolute Gasteiger partial charge is 0.298 e. The maximum absolute atomic E-state index is 11.6. The van der Waals surface area contributed by atoms with E-state index in [1.165, 1.54) is 11.3 Å². The van der Waals surface area contributed by atoms with Gasteiger partial charge < -0.3 is 0 Å². The third-order valence-electron chi connectivity index (χ3n) is 1.81. The monoisotopic (exact) mass is 193 g/mol. The van der Waals surface area contributed by atoms with Crippen LogP contribution >= 0.6 is 11.3 Å². The molecule has 0 spiro atoms. The van der Waals surface area contributed by atoms with Crippen molar-refractivity contribution in [2.75, 3.05) is 0 Å². The van der Waals surface area contributed by atoms with E-state index in [4.69, 9.17) is 5.26 Å². The van der Waals surface area contributed by atoms with Crippen LogP contribution in [0.15, 0.2) is 17.5 Å². The van der Waals surface area contributed by atoms with Gasteiger partial charge in [0.15, 0.2) is 5.78 Å². The van der Waals surface area contributed by atoms with E-state index in [1.807, 2.05) is 37.4 Å². The molecule has 1 aromatic rings. The standard InChI is InChI=1S/C10H11NOS/c1-7(2)10(12)8(6-11)9-4-3-5-13-9/h3-5,7-8H,1-2H3. The van der Waals surface area contributed by atoms with Crippen LogP contribution in [0, 0.1) is 17.2 Å². The second-order valence-corrected chi connectivity index (χ2v) is 4.11. The number of thiophene rings is 1. The van der Waals surface area contributed by atoms with Gasteiger partial charge >= 0.3 is 0 Å². The second kappa shape index (κ2) is 4.20. The third-order valence-corrected chi connectivity index (χ3v) is 2.75. The Morgan fingerprint density at radius 3 is 2.69 bits per heavy atom. The molecule has 0 aromatic carbocycles. The summed E-state index contributed by atoms with van der Waals surface area (Å²) in [6.45, 7) is 3.64. The molecule has 0 amide bonds. The molecule has 0 N–H and O–H groups in total. The van der Waals surface area contributed by atoms with Gasteiger partial charge in [0.2, 0.25) is 0 Å². The Bertz CT molecular complexity index is 321. The topological polar surface area (TPSA) is 40.9 Å². The summed E-state index contributed by atoms with van der Waals surface area (Å²) < 4.78 is 0.